The Morgan fingerprint density at radius 3 is 2.55 bits per heavy atom. The zero-order chi connectivity index (χ0) is 15.7. The van der Waals surface area contributed by atoms with Crippen molar-refractivity contribution in [3.05, 3.63) is 47.9 Å². The molecule has 0 aliphatic carbocycles. The number of benzene rings is 1. The van der Waals surface area contributed by atoms with E-state index in [-0.39, 0.29) is 12.3 Å². The summed E-state index contributed by atoms with van der Waals surface area (Å²) in [5, 5.41) is 3.83. The van der Waals surface area contributed by atoms with Gasteiger partial charge in [0, 0.05) is 5.56 Å². The molecular formula is C14H9F3N4O. The molecule has 5 nitrogen and oxygen atoms in total. The van der Waals surface area contributed by atoms with Crippen molar-refractivity contribution in [2.24, 2.45) is 5.10 Å². The minimum atomic E-state index is -4.42. The summed E-state index contributed by atoms with van der Waals surface area (Å²) >= 11 is 0. The van der Waals surface area contributed by atoms with Gasteiger partial charge in [-0.3, -0.25) is 4.79 Å². The Balaban J connectivity index is 1.98. The molecule has 0 saturated heterocycles. The molecule has 1 aliphatic rings. The molecule has 1 aliphatic heterocycles. The average Bonchev–Trinajstić information content (AvgIpc) is 2.93. The van der Waals surface area contributed by atoms with E-state index in [2.05, 4.69) is 20.5 Å². The summed E-state index contributed by atoms with van der Waals surface area (Å²) < 4.78 is 38.3. The van der Waals surface area contributed by atoms with Crippen molar-refractivity contribution in [3.63, 3.8) is 0 Å². The second-order valence-electron chi connectivity index (χ2n) is 4.64. The summed E-state index contributed by atoms with van der Waals surface area (Å²) in [4.78, 5) is 19.1. The normalized spacial score (nSPS) is 14.7. The zero-order valence-electron chi connectivity index (χ0n) is 11.1. The molecule has 0 unspecified atom stereocenters. The van der Waals surface area contributed by atoms with E-state index in [9.17, 15) is 18.0 Å². The summed E-state index contributed by atoms with van der Waals surface area (Å²) in [6, 6.07) is 6.37. The number of alkyl halides is 3. The van der Waals surface area contributed by atoms with Crippen molar-refractivity contribution >= 4 is 11.6 Å². The number of carbonyl (C=O) groups excluding carboxylic acids is 1. The van der Waals surface area contributed by atoms with Crippen molar-refractivity contribution in [1.82, 2.24) is 15.4 Å². The van der Waals surface area contributed by atoms with E-state index >= 15 is 0 Å². The van der Waals surface area contributed by atoms with E-state index in [0.29, 0.717) is 22.7 Å². The van der Waals surface area contributed by atoms with Crippen LogP contribution in [0.2, 0.25) is 0 Å². The van der Waals surface area contributed by atoms with Crippen LogP contribution in [0.1, 0.15) is 17.7 Å². The molecule has 1 aromatic heterocycles. The Morgan fingerprint density at radius 2 is 1.86 bits per heavy atom. The molecule has 3 rings (SSSR count). The van der Waals surface area contributed by atoms with Crippen LogP contribution in [-0.2, 0) is 11.0 Å². The van der Waals surface area contributed by atoms with Crippen LogP contribution in [-0.4, -0.2) is 21.6 Å². The number of aromatic nitrogens is 2. The molecule has 112 valence electrons. The number of rotatable bonds is 2. The summed E-state index contributed by atoms with van der Waals surface area (Å²) in [5.41, 5.74) is 3.03. The van der Waals surface area contributed by atoms with Gasteiger partial charge in [0.05, 0.1) is 29.1 Å². The van der Waals surface area contributed by atoms with E-state index in [4.69, 9.17) is 0 Å². The average molecular weight is 306 g/mol. The van der Waals surface area contributed by atoms with Crippen LogP contribution in [0.15, 0.2) is 41.8 Å². The van der Waals surface area contributed by atoms with Crippen LogP contribution in [0.3, 0.4) is 0 Å². The Bertz CT molecular complexity index is 771. The number of nitrogens with one attached hydrogen (secondary N) is 1. The summed E-state index contributed by atoms with van der Waals surface area (Å²) in [5.74, 6) is -0.255. The predicted octanol–water partition coefficient (Wildman–Crippen LogP) is 2.39. The van der Waals surface area contributed by atoms with Gasteiger partial charge in [-0.2, -0.15) is 18.3 Å². The molecule has 8 heteroatoms. The van der Waals surface area contributed by atoms with Crippen LogP contribution < -0.4 is 5.43 Å². The van der Waals surface area contributed by atoms with Gasteiger partial charge in [0.15, 0.2) is 0 Å². The molecule has 0 radical (unpaired) electrons. The maximum absolute atomic E-state index is 12.8. The van der Waals surface area contributed by atoms with E-state index in [1.54, 1.807) is 0 Å². The standard InChI is InChI=1S/C14H9F3N4O/c15-14(16,17)9-3-1-2-8(4-9)10-5-11(19-7-18-10)12-6-13(22)21-20-12/h1-5,7H,6H2,(H,21,22). The number of amides is 1. The number of hydrazone groups is 1. The fourth-order valence-corrected chi connectivity index (χ4v) is 2.04. The molecule has 0 spiro atoms. The van der Waals surface area contributed by atoms with Crippen molar-refractivity contribution < 1.29 is 18.0 Å². The first kappa shape index (κ1) is 14.2. The highest BCUT2D eigenvalue weighted by molar-refractivity contribution is 6.12. The lowest BCUT2D eigenvalue weighted by molar-refractivity contribution is -0.137. The molecule has 2 aromatic rings. The van der Waals surface area contributed by atoms with Crippen LogP contribution >= 0.6 is 0 Å². The third-order valence-electron chi connectivity index (χ3n) is 3.09. The topological polar surface area (TPSA) is 67.2 Å². The molecule has 1 aromatic carbocycles. The van der Waals surface area contributed by atoms with Gasteiger partial charge in [-0.25, -0.2) is 15.4 Å². The number of halogens is 3. The van der Waals surface area contributed by atoms with Gasteiger partial charge in [-0.1, -0.05) is 12.1 Å². The smallest absolute Gasteiger partial charge is 0.273 e. The number of nitrogens with zero attached hydrogens (tertiary/aromatic N) is 3. The molecular weight excluding hydrogens is 297 g/mol. The van der Waals surface area contributed by atoms with Crippen LogP contribution in [0.25, 0.3) is 11.3 Å². The highest BCUT2D eigenvalue weighted by atomic mass is 19.4. The summed E-state index contributed by atoms with van der Waals surface area (Å²) in [6.07, 6.45) is -3.10. The Labute approximate surface area is 122 Å². The second kappa shape index (κ2) is 5.21. The number of hydrogen-bond donors (Lipinski definition) is 1. The lowest BCUT2D eigenvalue weighted by atomic mass is 10.1. The molecule has 0 bridgehead atoms. The number of carbonyl (C=O) groups is 1. The quantitative estimate of drug-likeness (QED) is 0.926. The largest absolute Gasteiger partial charge is 0.416 e. The van der Waals surface area contributed by atoms with Crippen molar-refractivity contribution in [2.45, 2.75) is 12.6 Å². The van der Waals surface area contributed by atoms with Crippen LogP contribution in [0, 0.1) is 0 Å². The zero-order valence-corrected chi connectivity index (χ0v) is 11.1. The maximum Gasteiger partial charge on any atom is 0.416 e. The third-order valence-corrected chi connectivity index (χ3v) is 3.09. The minimum absolute atomic E-state index is 0.0824. The first-order valence-electron chi connectivity index (χ1n) is 6.29. The van der Waals surface area contributed by atoms with Crippen LogP contribution in [0.5, 0.6) is 0 Å². The third kappa shape index (κ3) is 2.80. The predicted molar refractivity (Wildman–Crippen MR) is 71.8 cm³/mol. The van der Waals surface area contributed by atoms with Gasteiger partial charge in [-0.05, 0) is 18.2 Å². The Kier molecular flexibility index (Phi) is 3.36. The molecule has 0 atom stereocenters. The van der Waals surface area contributed by atoms with Crippen molar-refractivity contribution in [3.8, 4) is 11.3 Å². The SMILES string of the molecule is O=C1CC(c2cc(-c3cccc(C(F)(F)F)c3)ncn2)=NN1. The van der Waals surface area contributed by atoms with E-state index in [0.717, 1.165) is 12.1 Å². The monoisotopic (exact) mass is 306 g/mol. The maximum atomic E-state index is 12.8. The molecule has 1 amide bonds. The molecule has 0 saturated carbocycles. The first-order valence-corrected chi connectivity index (χ1v) is 6.29. The fourth-order valence-electron chi connectivity index (χ4n) is 2.04. The van der Waals surface area contributed by atoms with Gasteiger partial charge < -0.3 is 0 Å². The molecule has 22 heavy (non-hydrogen) atoms. The fraction of sp³-hybridized carbons (Fsp3) is 0.143. The molecule has 1 N–H and O–H groups in total. The van der Waals surface area contributed by atoms with Gasteiger partial charge in [-0.15, -0.1) is 0 Å². The highest BCUT2D eigenvalue weighted by Crippen LogP contribution is 2.31. The van der Waals surface area contributed by atoms with Gasteiger partial charge in [0.2, 0.25) is 5.91 Å². The van der Waals surface area contributed by atoms with Gasteiger partial charge in [0.25, 0.3) is 0 Å². The van der Waals surface area contributed by atoms with E-state index in [1.165, 1.54) is 24.5 Å². The first-order chi connectivity index (χ1) is 10.4. The molecule has 2 heterocycles. The lowest BCUT2D eigenvalue weighted by Gasteiger charge is -2.08. The number of hydrogen-bond acceptors (Lipinski definition) is 4. The van der Waals surface area contributed by atoms with E-state index in [1.807, 2.05) is 0 Å². The van der Waals surface area contributed by atoms with Crippen molar-refractivity contribution in [1.29, 1.82) is 0 Å². The summed E-state index contributed by atoms with van der Waals surface area (Å²) in [6.45, 7) is 0. The van der Waals surface area contributed by atoms with Crippen LogP contribution in [0.4, 0.5) is 13.2 Å². The minimum Gasteiger partial charge on any atom is -0.273 e. The van der Waals surface area contributed by atoms with Crippen molar-refractivity contribution in [2.75, 3.05) is 0 Å². The second-order valence-corrected chi connectivity index (χ2v) is 4.64. The summed E-state index contributed by atoms with van der Waals surface area (Å²) in [7, 11) is 0. The lowest BCUT2D eigenvalue weighted by Crippen LogP contribution is -2.09. The van der Waals surface area contributed by atoms with E-state index < -0.39 is 11.7 Å². The Morgan fingerprint density at radius 1 is 1.09 bits per heavy atom. The molecule has 0 fully saturated rings. The highest BCUT2D eigenvalue weighted by Gasteiger charge is 2.30. The van der Waals surface area contributed by atoms with Gasteiger partial charge >= 0.3 is 6.18 Å². The van der Waals surface area contributed by atoms with Gasteiger partial charge in [0.1, 0.15) is 6.33 Å². The Hall–Kier alpha value is -2.77.